The number of pyridine rings is 1. The van der Waals surface area contributed by atoms with Crippen LogP contribution < -0.4 is 10.2 Å². The summed E-state index contributed by atoms with van der Waals surface area (Å²) >= 11 is 0. The molecule has 0 bridgehead atoms. The van der Waals surface area contributed by atoms with Crippen molar-refractivity contribution in [2.45, 2.75) is 25.3 Å². The van der Waals surface area contributed by atoms with Crippen molar-refractivity contribution in [3.05, 3.63) is 23.9 Å². The van der Waals surface area contributed by atoms with E-state index in [1.54, 1.807) is 25.4 Å². The van der Waals surface area contributed by atoms with Crippen LogP contribution in [-0.2, 0) is 9.53 Å². The predicted molar refractivity (Wildman–Crippen MR) is 74.6 cm³/mol. The second kappa shape index (κ2) is 6.36. The number of nitrogens with one attached hydrogen (secondary N) is 1. The molecular weight excluding hydrogens is 258 g/mol. The molecule has 0 spiro atoms. The topological polar surface area (TPSA) is 71.5 Å². The Balaban J connectivity index is 2.28. The van der Waals surface area contributed by atoms with Gasteiger partial charge in [0.2, 0.25) is 5.91 Å². The number of ether oxygens (including phenoxy) is 1. The van der Waals surface area contributed by atoms with Crippen molar-refractivity contribution in [2.24, 2.45) is 0 Å². The molecule has 108 valence electrons. The zero-order valence-corrected chi connectivity index (χ0v) is 11.8. The normalized spacial score (nSPS) is 18.5. The van der Waals surface area contributed by atoms with E-state index in [0.29, 0.717) is 11.4 Å². The van der Waals surface area contributed by atoms with E-state index in [-0.39, 0.29) is 11.9 Å². The van der Waals surface area contributed by atoms with Gasteiger partial charge in [-0.1, -0.05) is 0 Å². The van der Waals surface area contributed by atoms with Gasteiger partial charge in [0.25, 0.3) is 0 Å². The summed E-state index contributed by atoms with van der Waals surface area (Å²) in [6.07, 6.45) is 4.39. The lowest BCUT2D eigenvalue weighted by molar-refractivity contribution is -0.122. The van der Waals surface area contributed by atoms with Gasteiger partial charge in [0.15, 0.2) is 0 Å². The van der Waals surface area contributed by atoms with Gasteiger partial charge < -0.3 is 15.0 Å². The Morgan fingerprint density at radius 2 is 2.25 bits per heavy atom. The number of methoxy groups -OCH3 is 1. The summed E-state index contributed by atoms with van der Waals surface area (Å²) in [6, 6.07) is 3.05. The van der Waals surface area contributed by atoms with Crippen LogP contribution >= 0.6 is 0 Å². The fourth-order valence-corrected chi connectivity index (χ4v) is 2.47. The van der Waals surface area contributed by atoms with E-state index in [1.165, 1.54) is 7.11 Å². The van der Waals surface area contributed by atoms with Crippen LogP contribution in [0.15, 0.2) is 18.3 Å². The lowest BCUT2D eigenvalue weighted by Gasteiger charge is -2.35. The third-order valence-corrected chi connectivity index (χ3v) is 3.51. The van der Waals surface area contributed by atoms with Crippen molar-refractivity contribution in [1.82, 2.24) is 10.3 Å². The lowest BCUT2D eigenvalue weighted by atomic mass is 10.0. The molecule has 1 aromatic rings. The third-order valence-electron chi connectivity index (χ3n) is 3.51. The molecule has 2 rings (SSSR count). The maximum absolute atomic E-state index is 12.0. The van der Waals surface area contributed by atoms with Crippen LogP contribution in [0.5, 0.6) is 0 Å². The average Bonchev–Trinajstić information content (AvgIpc) is 2.53. The molecule has 6 heteroatoms. The molecule has 0 saturated carbocycles. The first kappa shape index (κ1) is 14.3. The third kappa shape index (κ3) is 2.89. The molecule has 0 aliphatic carbocycles. The number of nitrogens with zero attached hydrogens (tertiary/aromatic N) is 2. The Labute approximate surface area is 118 Å². The maximum Gasteiger partial charge on any atom is 0.338 e. The smallest absolute Gasteiger partial charge is 0.338 e. The number of aromatic nitrogens is 1. The fourth-order valence-electron chi connectivity index (χ4n) is 2.47. The van der Waals surface area contributed by atoms with Gasteiger partial charge in [-0.2, -0.15) is 0 Å². The van der Waals surface area contributed by atoms with Crippen molar-refractivity contribution < 1.29 is 14.3 Å². The number of rotatable bonds is 3. The molecule has 0 radical (unpaired) electrons. The molecule has 6 nitrogen and oxygen atoms in total. The molecule has 2 heterocycles. The van der Waals surface area contributed by atoms with Crippen LogP contribution in [0.2, 0.25) is 0 Å². The van der Waals surface area contributed by atoms with Crippen molar-refractivity contribution in [3.63, 3.8) is 0 Å². The summed E-state index contributed by atoms with van der Waals surface area (Å²) in [6.45, 7) is 0.760. The highest BCUT2D eigenvalue weighted by Gasteiger charge is 2.29. The summed E-state index contributed by atoms with van der Waals surface area (Å²) in [5, 5.41) is 2.68. The molecule has 1 fully saturated rings. The second-order valence-corrected chi connectivity index (χ2v) is 4.71. The van der Waals surface area contributed by atoms with Gasteiger partial charge >= 0.3 is 5.97 Å². The molecular formula is C14H19N3O3. The number of carbonyl (C=O) groups excluding carboxylic acids is 2. The van der Waals surface area contributed by atoms with E-state index >= 15 is 0 Å². The number of amides is 1. The van der Waals surface area contributed by atoms with Crippen LogP contribution in [-0.4, -0.2) is 43.6 Å². The van der Waals surface area contributed by atoms with Gasteiger partial charge in [-0.25, -0.2) is 9.78 Å². The number of likely N-dealkylation sites (N-methyl/N-ethyl adjacent to an activating group) is 1. The molecule has 1 unspecified atom stereocenters. The Morgan fingerprint density at radius 3 is 2.95 bits per heavy atom. The Bertz CT molecular complexity index is 504. The Morgan fingerprint density at radius 1 is 1.45 bits per heavy atom. The molecule has 1 aliphatic rings. The monoisotopic (exact) mass is 277 g/mol. The van der Waals surface area contributed by atoms with Gasteiger partial charge in [-0.05, 0) is 31.4 Å². The first-order valence-electron chi connectivity index (χ1n) is 6.70. The van der Waals surface area contributed by atoms with E-state index in [9.17, 15) is 9.59 Å². The quantitative estimate of drug-likeness (QED) is 0.834. The van der Waals surface area contributed by atoms with E-state index in [4.69, 9.17) is 4.74 Å². The molecule has 1 atom stereocenters. The van der Waals surface area contributed by atoms with E-state index in [0.717, 1.165) is 25.8 Å². The minimum atomic E-state index is -0.401. The average molecular weight is 277 g/mol. The van der Waals surface area contributed by atoms with Crippen LogP contribution in [0.4, 0.5) is 5.82 Å². The standard InChI is InChI=1S/C14H19N3O3/c1-15-13(18)11-5-3-4-8-17(11)12-9-10(6-7-16-12)14(19)20-2/h6-7,9,11H,3-5,8H2,1-2H3,(H,15,18). The minimum Gasteiger partial charge on any atom is -0.465 e. The zero-order chi connectivity index (χ0) is 14.5. The number of esters is 1. The number of anilines is 1. The first-order valence-corrected chi connectivity index (χ1v) is 6.70. The summed E-state index contributed by atoms with van der Waals surface area (Å²) in [4.78, 5) is 29.8. The van der Waals surface area contributed by atoms with Gasteiger partial charge in [0, 0.05) is 19.8 Å². The van der Waals surface area contributed by atoms with Crippen molar-refractivity contribution in [2.75, 3.05) is 25.6 Å². The number of carbonyl (C=O) groups is 2. The fraction of sp³-hybridized carbons (Fsp3) is 0.500. The van der Waals surface area contributed by atoms with E-state index in [2.05, 4.69) is 10.3 Å². The highest BCUT2D eigenvalue weighted by atomic mass is 16.5. The Kier molecular flexibility index (Phi) is 4.55. The highest BCUT2D eigenvalue weighted by molar-refractivity contribution is 5.90. The minimum absolute atomic E-state index is 0.0185. The van der Waals surface area contributed by atoms with E-state index in [1.807, 2.05) is 4.90 Å². The van der Waals surface area contributed by atoms with Crippen LogP contribution in [0.25, 0.3) is 0 Å². The van der Waals surface area contributed by atoms with Crippen LogP contribution in [0.1, 0.15) is 29.6 Å². The molecule has 20 heavy (non-hydrogen) atoms. The van der Waals surface area contributed by atoms with Gasteiger partial charge in [0.05, 0.1) is 12.7 Å². The summed E-state index contributed by atoms with van der Waals surface area (Å²) in [5.41, 5.74) is 0.443. The lowest BCUT2D eigenvalue weighted by Crippen LogP contribution is -2.49. The molecule has 1 aliphatic heterocycles. The second-order valence-electron chi connectivity index (χ2n) is 4.71. The molecule has 1 amide bonds. The molecule has 1 N–H and O–H groups in total. The van der Waals surface area contributed by atoms with Gasteiger partial charge in [0.1, 0.15) is 11.9 Å². The van der Waals surface area contributed by atoms with Crippen molar-refractivity contribution in [1.29, 1.82) is 0 Å². The maximum atomic E-state index is 12.0. The largest absolute Gasteiger partial charge is 0.465 e. The highest BCUT2D eigenvalue weighted by Crippen LogP contribution is 2.24. The summed E-state index contributed by atoms with van der Waals surface area (Å²) in [5.74, 6) is 0.221. The van der Waals surface area contributed by atoms with E-state index < -0.39 is 5.97 Å². The Hall–Kier alpha value is -2.11. The molecule has 0 aromatic carbocycles. The predicted octanol–water partition coefficient (Wildman–Crippen LogP) is 0.973. The van der Waals surface area contributed by atoms with Crippen LogP contribution in [0, 0.1) is 0 Å². The number of piperidine rings is 1. The number of hydrogen-bond donors (Lipinski definition) is 1. The van der Waals surface area contributed by atoms with Gasteiger partial charge in [-0.15, -0.1) is 0 Å². The van der Waals surface area contributed by atoms with Gasteiger partial charge in [-0.3, -0.25) is 4.79 Å². The summed E-state index contributed by atoms with van der Waals surface area (Å²) in [7, 11) is 2.98. The number of hydrogen-bond acceptors (Lipinski definition) is 5. The SMILES string of the molecule is CNC(=O)C1CCCCN1c1cc(C(=O)OC)ccn1. The first-order chi connectivity index (χ1) is 9.67. The van der Waals surface area contributed by atoms with Crippen molar-refractivity contribution >= 4 is 17.7 Å². The molecule has 1 aromatic heterocycles. The van der Waals surface area contributed by atoms with Crippen molar-refractivity contribution in [3.8, 4) is 0 Å². The molecule has 1 saturated heterocycles. The summed E-state index contributed by atoms with van der Waals surface area (Å²) < 4.78 is 4.71. The van der Waals surface area contributed by atoms with Crippen LogP contribution in [0.3, 0.4) is 0 Å². The zero-order valence-electron chi connectivity index (χ0n) is 11.8.